The van der Waals surface area contributed by atoms with Gasteiger partial charge in [0.05, 0.1) is 11.1 Å². The third-order valence-electron chi connectivity index (χ3n) is 6.23. The number of amides is 1. The number of aromatic nitrogens is 3. The second-order valence-corrected chi connectivity index (χ2v) is 10.2. The molecule has 2 N–H and O–H groups in total. The molecule has 0 radical (unpaired) electrons. The van der Waals surface area contributed by atoms with Crippen LogP contribution in [0.25, 0.3) is 22.0 Å². The number of nitrogens with one attached hydrogen (secondary N) is 2. The molecule has 1 aliphatic rings. The van der Waals surface area contributed by atoms with E-state index in [1.807, 2.05) is 39.0 Å². The van der Waals surface area contributed by atoms with Gasteiger partial charge in [0.25, 0.3) is 5.91 Å². The maximum atomic E-state index is 12.6. The zero-order valence-corrected chi connectivity index (χ0v) is 20.2. The summed E-state index contributed by atoms with van der Waals surface area (Å²) in [6.45, 7) is 5.90. The van der Waals surface area contributed by atoms with Crippen molar-refractivity contribution in [2.75, 3.05) is 19.4 Å². The highest BCUT2D eigenvalue weighted by Gasteiger charge is 2.23. The Kier molecular flexibility index (Phi) is 6.61. The molecule has 2 aromatic heterocycles. The summed E-state index contributed by atoms with van der Waals surface area (Å²) < 4.78 is 0. The summed E-state index contributed by atoms with van der Waals surface area (Å²) in [6.07, 6.45) is 9.64. The van der Waals surface area contributed by atoms with Crippen LogP contribution in [0.2, 0.25) is 0 Å². The highest BCUT2D eigenvalue weighted by atomic mass is 16.1. The lowest BCUT2D eigenvalue weighted by Crippen LogP contribution is -2.40. The predicted molar refractivity (Wildman–Crippen MR) is 133 cm³/mol. The summed E-state index contributed by atoms with van der Waals surface area (Å²) in [7, 11) is 4.32. The van der Waals surface area contributed by atoms with Crippen molar-refractivity contribution in [1.82, 2.24) is 25.2 Å². The van der Waals surface area contributed by atoms with Crippen LogP contribution in [0.1, 0.15) is 56.8 Å². The van der Waals surface area contributed by atoms with Gasteiger partial charge in [0.15, 0.2) is 0 Å². The molecule has 0 atom stereocenters. The topological polar surface area (TPSA) is 83.0 Å². The van der Waals surface area contributed by atoms with E-state index >= 15 is 0 Å². The zero-order valence-electron chi connectivity index (χ0n) is 20.2. The maximum absolute atomic E-state index is 12.6. The van der Waals surface area contributed by atoms with Crippen LogP contribution in [0.3, 0.4) is 0 Å². The fourth-order valence-corrected chi connectivity index (χ4v) is 4.42. The van der Waals surface area contributed by atoms with Crippen LogP contribution in [0.5, 0.6) is 0 Å². The third-order valence-corrected chi connectivity index (χ3v) is 6.23. The summed E-state index contributed by atoms with van der Waals surface area (Å²) in [6, 6.07) is 9.06. The van der Waals surface area contributed by atoms with Gasteiger partial charge >= 0.3 is 0 Å². The van der Waals surface area contributed by atoms with E-state index in [1.165, 1.54) is 12.8 Å². The van der Waals surface area contributed by atoms with Gasteiger partial charge in [-0.3, -0.25) is 9.78 Å². The molecular weight excluding hydrogens is 412 g/mol. The fraction of sp³-hybridized carbons (Fsp3) is 0.462. The smallest absolute Gasteiger partial charge is 0.253 e. The summed E-state index contributed by atoms with van der Waals surface area (Å²) in [4.78, 5) is 28.3. The molecular formula is C26H34N6O. The third kappa shape index (κ3) is 5.66. The quantitative estimate of drug-likeness (QED) is 0.600. The lowest BCUT2D eigenvalue weighted by Gasteiger charge is -2.33. The van der Waals surface area contributed by atoms with Crippen molar-refractivity contribution in [3.8, 4) is 11.1 Å². The number of carbonyl (C=O) groups is 1. The van der Waals surface area contributed by atoms with E-state index in [9.17, 15) is 4.79 Å². The molecule has 0 saturated heterocycles. The van der Waals surface area contributed by atoms with Gasteiger partial charge in [-0.25, -0.2) is 9.97 Å². The van der Waals surface area contributed by atoms with Gasteiger partial charge in [-0.2, -0.15) is 0 Å². The van der Waals surface area contributed by atoms with Gasteiger partial charge < -0.3 is 15.5 Å². The first-order valence-electron chi connectivity index (χ1n) is 11.7. The van der Waals surface area contributed by atoms with Crippen molar-refractivity contribution in [3.63, 3.8) is 0 Å². The average Bonchev–Trinajstić information content (AvgIpc) is 2.78. The minimum absolute atomic E-state index is 0.128. The average molecular weight is 447 g/mol. The normalized spacial score (nSPS) is 19.0. The first-order chi connectivity index (χ1) is 15.7. The summed E-state index contributed by atoms with van der Waals surface area (Å²) in [5.41, 5.74) is 3.00. The number of hydrogen-bond acceptors (Lipinski definition) is 6. The zero-order chi connectivity index (χ0) is 23.6. The molecule has 1 aromatic carbocycles. The molecule has 0 bridgehead atoms. The molecule has 1 saturated carbocycles. The Balaban J connectivity index is 1.58. The lowest BCUT2D eigenvalue weighted by molar-refractivity contribution is 0.0919. The van der Waals surface area contributed by atoms with E-state index in [1.54, 1.807) is 18.7 Å². The molecule has 33 heavy (non-hydrogen) atoms. The molecule has 3 aromatic rings. The maximum Gasteiger partial charge on any atom is 0.253 e. The van der Waals surface area contributed by atoms with Crippen molar-refractivity contribution in [3.05, 3.63) is 48.5 Å². The summed E-state index contributed by atoms with van der Waals surface area (Å²) in [5, 5.41) is 7.65. The first kappa shape index (κ1) is 23.1. The Morgan fingerprint density at radius 2 is 1.76 bits per heavy atom. The Labute approximate surface area is 196 Å². The highest BCUT2D eigenvalue weighted by molar-refractivity contribution is 5.96. The highest BCUT2D eigenvalue weighted by Crippen LogP contribution is 2.30. The van der Waals surface area contributed by atoms with Crippen molar-refractivity contribution in [1.29, 1.82) is 0 Å². The van der Waals surface area contributed by atoms with Crippen LogP contribution in [0, 0.1) is 0 Å². The number of anilines is 1. The van der Waals surface area contributed by atoms with Crippen LogP contribution in [0.4, 0.5) is 5.82 Å². The minimum atomic E-state index is -0.306. The van der Waals surface area contributed by atoms with Gasteiger partial charge in [-0.1, -0.05) is 6.07 Å². The lowest BCUT2D eigenvalue weighted by atomic mass is 9.90. The molecule has 7 nitrogen and oxygen atoms in total. The summed E-state index contributed by atoms with van der Waals surface area (Å²) in [5.74, 6) is 0.737. The van der Waals surface area contributed by atoms with E-state index in [0.29, 0.717) is 17.6 Å². The van der Waals surface area contributed by atoms with Crippen molar-refractivity contribution in [2.45, 2.75) is 64.1 Å². The van der Waals surface area contributed by atoms with E-state index in [2.05, 4.69) is 50.6 Å². The predicted octanol–water partition coefficient (Wildman–Crippen LogP) is 4.50. The van der Waals surface area contributed by atoms with E-state index in [-0.39, 0.29) is 11.4 Å². The number of rotatable bonds is 5. The number of fused-ring (bicyclic) bond motifs is 1. The van der Waals surface area contributed by atoms with E-state index in [4.69, 9.17) is 0 Å². The molecule has 0 unspecified atom stereocenters. The van der Waals surface area contributed by atoms with Crippen molar-refractivity contribution >= 4 is 22.6 Å². The van der Waals surface area contributed by atoms with E-state index in [0.717, 1.165) is 40.7 Å². The standard InChI is InChI=1S/C26H34N6O/c1-26(2,3)31-25(33)19-12-18(14-27-15-19)17-6-11-23-22(13-17)24(29-16-28-23)30-20-7-9-21(10-8-20)32(4)5/h6,11-16,20-21H,7-10H2,1-5H3,(H,31,33)(H,28,29,30)/t20-,21-. The van der Waals surface area contributed by atoms with Crippen molar-refractivity contribution in [2.24, 2.45) is 0 Å². The number of nitrogens with zero attached hydrogens (tertiary/aromatic N) is 4. The van der Waals surface area contributed by atoms with Crippen LogP contribution in [-0.2, 0) is 0 Å². The number of pyridine rings is 1. The molecule has 174 valence electrons. The molecule has 4 rings (SSSR count). The van der Waals surface area contributed by atoms with Crippen LogP contribution < -0.4 is 10.6 Å². The molecule has 1 amide bonds. The Hall–Kier alpha value is -3.06. The van der Waals surface area contributed by atoms with Gasteiger partial charge in [-0.05, 0) is 84.3 Å². The Morgan fingerprint density at radius 3 is 2.45 bits per heavy atom. The van der Waals surface area contributed by atoms with Crippen LogP contribution >= 0.6 is 0 Å². The molecule has 0 spiro atoms. The fourth-order valence-electron chi connectivity index (χ4n) is 4.42. The van der Waals surface area contributed by atoms with E-state index < -0.39 is 0 Å². The Bertz CT molecular complexity index is 1130. The number of hydrogen-bond donors (Lipinski definition) is 2. The molecule has 1 fully saturated rings. The van der Waals surface area contributed by atoms with Gasteiger partial charge in [-0.15, -0.1) is 0 Å². The second kappa shape index (κ2) is 9.43. The van der Waals surface area contributed by atoms with Gasteiger partial charge in [0, 0.05) is 41.0 Å². The van der Waals surface area contributed by atoms with Gasteiger partial charge in [0.2, 0.25) is 0 Å². The molecule has 2 heterocycles. The molecule has 0 aliphatic heterocycles. The summed E-state index contributed by atoms with van der Waals surface area (Å²) >= 11 is 0. The molecule has 1 aliphatic carbocycles. The monoisotopic (exact) mass is 446 g/mol. The Morgan fingerprint density at radius 1 is 1.00 bits per heavy atom. The minimum Gasteiger partial charge on any atom is -0.367 e. The second-order valence-electron chi connectivity index (χ2n) is 10.2. The number of benzene rings is 1. The van der Waals surface area contributed by atoms with Gasteiger partial charge in [0.1, 0.15) is 12.1 Å². The first-order valence-corrected chi connectivity index (χ1v) is 11.7. The van der Waals surface area contributed by atoms with Crippen LogP contribution in [0.15, 0.2) is 43.0 Å². The van der Waals surface area contributed by atoms with Crippen LogP contribution in [-0.4, -0.2) is 57.5 Å². The van der Waals surface area contributed by atoms with Crippen molar-refractivity contribution < 1.29 is 4.79 Å². The number of carbonyl (C=O) groups excluding carboxylic acids is 1. The SMILES string of the molecule is CN(C)[C@H]1CC[C@H](Nc2ncnc3ccc(-c4cncc(C(=O)NC(C)(C)C)c4)cc23)CC1. The molecule has 7 heteroatoms. The largest absolute Gasteiger partial charge is 0.367 e.